The molecule has 0 bridgehead atoms. The summed E-state index contributed by atoms with van der Waals surface area (Å²) < 4.78 is 0. The van der Waals surface area contributed by atoms with Crippen molar-refractivity contribution in [2.75, 3.05) is 24.5 Å². The van der Waals surface area contributed by atoms with E-state index in [9.17, 15) is 0 Å². The summed E-state index contributed by atoms with van der Waals surface area (Å²) in [6.07, 6.45) is 10.2. The first-order chi connectivity index (χ1) is 8.40. The normalized spacial score (nSPS) is 16.8. The first-order valence-electron chi connectivity index (χ1n) is 6.23. The summed E-state index contributed by atoms with van der Waals surface area (Å²) in [6, 6.07) is 6.69. The highest BCUT2D eigenvalue weighted by molar-refractivity contribution is 5.38. The number of nitrogens with one attached hydrogen (secondary N) is 1. The molecule has 1 aromatic rings. The van der Waals surface area contributed by atoms with Crippen LogP contribution in [0, 0.1) is 12.3 Å². The van der Waals surface area contributed by atoms with Gasteiger partial charge in [0.05, 0.1) is 0 Å². The van der Waals surface area contributed by atoms with Crippen LogP contribution in [0.15, 0.2) is 24.4 Å². The summed E-state index contributed by atoms with van der Waals surface area (Å²) in [6.45, 7) is 3.08. The lowest BCUT2D eigenvalue weighted by Gasteiger charge is -2.33. The van der Waals surface area contributed by atoms with Gasteiger partial charge in [0.25, 0.3) is 0 Å². The molecule has 1 saturated heterocycles. The topological polar surface area (TPSA) is 28.2 Å². The molecule has 3 heteroatoms. The Balaban J connectivity index is 1.77. The molecule has 17 heavy (non-hydrogen) atoms. The van der Waals surface area contributed by atoms with E-state index in [1.165, 1.54) is 12.8 Å². The third-order valence-corrected chi connectivity index (χ3v) is 3.17. The van der Waals surface area contributed by atoms with Crippen molar-refractivity contribution in [1.29, 1.82) is 0 Å². The van der Waals surface area contributed by atoms with Crippen molar-refractivity contribution in [2.24, 2.45) is 0 Å². The van der Waals surface area contributed by atoms with Gasteiger partial charge in [0.15, 0.2) is 0 Å². The van der Waals surface area contributed by atoms with Crippen LogP contribution in [-0.4, -0.2) is 30.7 Å². The van der Waals surface area contributed by atoms with Gasteiger partial charge in [0, 0.05) is 38.3 Å². The van der Waals surface area contributed by atoms with Crippen molar-refractivity contribution in [3.8, 4) is 12.3 Å². The third-order valence-electron chi connectivity index (χ3n) is 3.17. The van der Waals surface area contributed by atoms with E-state index in [0.29, 0.717) is 6.04 Å². The largest absolute Gasteiger partial charge is 0.357 e. The van der Waals surface area contributed by atoms with Gasteiger partial charge in [-0.25, -0.2) is 4.98 Å². The second-order valence-corrected chi connectivity index (χ2v) is 4.36. The van der Waals surface area contributed by atoms with Crippen molar-refractivity contribution in [3.05, 3.63) is 24.4 Å². The molecule has 90 valence electrons. The summed E-state index contributed by atoms with van der Waals surface area (Å²) in [5.74, 6) is 3.75. The van der Waals surface area contributed by atoms with Gasteiger partial charge >= 0.3 is 0 Å². The average Bonchev–Trinajstić information content (AvgIpc) is 2.41. The van der Waals surface area contributed by atoms with Crippen LogP contribution in [0.4, 0.5) is 5.82 Å². The van der Waals surface area contributed by atoms with Crippen LogP contribution < -0.4 is 10.2 Å². The lowest BCUT2D eigenvalue weighted by atomic mass is 10.0. The Bertz CT molecular complexity index is 361. The Morgan fingerprint density at radius 2 is 2.24 bits per heavy atom. The lowest BCUT2D eigenvalue weighted by Crippen LogP contribution is -2.43. The number of terminal acetylenes is 1. The monoisotopic (exact) mass is 229 g/mol. The predicted molar refractivity (Wildman–Crippen MR) is 70.9 cm³/mol. The summed E-state index contributed by atoms with van der Waals surface area (Å²) in [5.41, 5.74) is 0. The molecule has 1 aromatic heterocycles. The fraction of sp³-hybridized carbons (Fsp3) is 0.500. The van der Waals surface area contributed by atoms with Crippen LogP contribution in [0.5, 0.6) is 0 Å². The molecule has 0 spiro atoms. The molecular formula is C14H19N3. The highest BCUT2D eigenvalue weighted by atomic mass is 15.2. The minimum atomic E-state index is 0.614. The van der Waals surface area contributed by atoms with Gasteiger partial charge in [-0.05, 0) is 25.0 Å². The van der Waals surface area contributed by atoms with Crippen molar-refractivity contribution >= 4 is 5.82 Å². The van der Waals surface area contributed by atoms with Crippen LogP contribution in [-0.2, 0) is 0 Å². The van der Waals surface area contributed by atoms with E-state index in [1.54, 1.807) is 0 Å². The van der Waals surface area contributed by atoms with Gasteiger partial charge in [-0.1, -0.05) is 6.07 Å². The van der Waals surface area contributed by atoms with Crippen molar-refractivity contribution in [2.45, 2.75) is 25.3 Å². The second kappa shape index (κ2) is 6.27. The maximum atomic E-state index is 5.24. The highest BCUT2D eigenvalue weighted by Crippen LogP contribution is 2.16. The molecule has 0 unspecified atom stereocenters. The number of rotatable bonds is 4. The number of piperidine rings is 1. The molecule has 3 nitrogen and oxygen atoms in total. The Morgan fingerprint density at radius 3 is 2.88 bits per heavy atom. The van der Waals surface area contributed by atoms with Crippen LogP contribution in [0.1, 0.15) is 19.3 Å². The van der Waals surface area contributed by atoms with Crippen LogP contribution in [0.25, 0.3) is 0 Å². The minimum Gasteiger partial charge on any atom is -0.357 e. The van der Waals surface area contributed by atoms with E-state index in [4.69, 9.17) is 6.42 Å². The molecular weight excluding hydrogens is 210 g/mol. The van der Waals surface area contributed by atoms with Crippen LogP contribution >= 0.6 is 0 Å². The summed E-state index contributed by atoms with van der Waals surface area (Å²) in [7, 11) is 0. The SMILES string of the molecule is C#CCCNC1CCN(c2ccccn2)CC1. The van der Waals surface area contributed by atoms with E-state index < -0.39 is 0 Å². The molecule has 0 amide bonds. The van der Waals surface area contributed by atoms with Gasteiger partial charge in [-0.15, -0.1) is 12.3 Å². The van der Waals surface area contributed by atoms with Gasteiger partial charge in [0.1, 0.15) is 5.82 Å². The van der Waals surface area contributed by atoms with E-state index in [0.717, 1.165) is 31.9 Å². The van der Waals surface area contributed by atoms with Gasteiger partial charge < -0.3 is 10.2 Å². The molecule has 1 fully saturated rings. The number of nitrogens with zero attached hydrogens (tertiary/aromatic N) is 2. The summed E-state index contributed by atoms with van der Waals surface area (Å²) in [4.78, 5) is 6.73. The van der Waals surface area contributed by atoms with Gasteiger partial charge in [0.2, 0.25) is 0 Å². The Kier molecular flexibility index (Phi) is 4.40. The van der Waals surface area contributed by atoms with Crippen LogP contribution in [0.2, 0.25) is 0 Å². The molecule has 0 aromatic carbocycles. The fourth-order valence-corrected chi connectivity index (χ4v) is 2.20. The highest BCUT2D eigenvalue weighted by Gasteiger charge is 2.18. The standard InChI is InChI=1S/C14H19N3/c1-2-3-9-15-13-7-11-17(12-8-13)14-6-4-5-10-16-14/h1,4-6,10,13,15H,3,7-9,11-12H2. The summed E-state index contributed by atoms with van der Waals surface area (Å²) in [5, 5.41) is 3.50. The first-order valence-corrected chi connectivity index (χ1v) is 6.23. The Labute approximate surface area is 103 Å². The predicted octanol–water partition coefficient (Wildman–Crippen LogP) is 1.66. The van der Waals surface area contributed by atoms with Gasteiger partial charge in [-0.3, -0.25) is 0 Å². The molecule has 0 radical (unpaired) electrons. The molecule has 1 N–H and O–H groups in total. The van der Waals surface area contributed by atoms with E-state index >= 15 is 0 Å². The fourth-order valence-electron chi connectivity index (χ4n) is 2.20. The van der Waals surface area contributed by atoms with E-state index in [-0.39, 0.29) is 0 Å². The van der Waals surface area contributed by atoms with E-state index in [1.807, 2.05) is 18.3 Å². The zero-order chi connectivity index (χ0) is 11.9. The molecule has 0 aliphatic carbocycles. The molecule has 1 aliphatic heterocycles. The molecule has 2 heterocycles. The summed E-state index contributed by atoms with van der Waals surface area (Å²) >= 11 is 0. The maximum absolute atomic E-state index is 5.24. The van der Waals surface area contributed by atoms with E-state index in [2.05, 4.69) is 27.2 Å². The number of pyridine rings is 1. The smallest absolute Gasteiger partial charge is 0.128 e. The van der Waals surface area contributed by atoms with Crippen LogP contribution in [0.3, 0.4) is 0 Å². The molecule has 0 saturated carbocycles. The minimum absolute atomic E-state index is 0.614. The van der Waals surface area contributed by atoms with Crippen molar-refractivity contribution in [3.63, 3.8) is 0 Å². The van der Waals surface area contributed by atoms with Gasteiger partial charge in [-0.2, -0.15) is 0 Å². The second-order valence-electron chi connectivity index (χ2n) is 4.36. The zero-order valence-electron chi connectivity index (χ0n) is 10.1. The first kappa shape index (κ1) is 11.9. The van der Waals surface area contributed by atoms with Crippen molar-refractivity contribution in [1.82, 2.24) is 10.3 Å². The average molecular weight is 229 g/mol. The Morgan fingerprint density at radius 1 is 1.41 bits per heavy atom. The molecule has 0 atom stereocenters. The third kappa shape index (κ3) is 3.47. The zero-order valence-corrected chi connectivity index (χ0v) is 10.1. The quantitative estimate of drug-likeness (QED) is 0.629. The number of hydrogen-bond acceptors (Lipinski definition) is 3. The van der Waals surface area contributed by atoms with Crippen molar-refractivity contribution < 1.29 is 0 Å². The molecule has 1 aliphatic rings. The molecule has 2 rings (SSSR count). The number of aromatic nitrogens is 1. The number of anilines is 1. The number of hydrogen-bond donors (Lipinski definition) is 1. The lowest BCUT2D eigenvalue weighted by molar-refractivity contribution is 0.418. The maximum Gasteiger partial charge on any atom is 0.128 e. The Hall–Kier alpha value is -1.53.